The van der Waals surface area contributed by atoms with E-state index in [9.17, 15) is 0 Å². The smallest absolute Gasteiger partial charge is 0.161 e. The molecule has 40 heavy (non-hydrogen) atoms. The highest BCUT2D eigenvalue weighted by molar-refractivity contribution is 6.01. The highest BCUT2D eigenvalue weighted by Gasteiger charge is 2.24. The van der Waals surface area contributed by atoms with Crippen molar-refractivity contribution in [1.82, 2.24) is 24.5 Å². The Morgan fingerprint density at radius 2 is 1.43 bits per heavy atom. The van der Waals surface area contributed by atoms with Crippen LogP contribution in [-0.4, -0.2) is 45.9 Å². The Labute approximate surface area is 230 Å². The lowest BCUT2D eigenvalue weighted by molar-refractivity contribution is 0.842. The number of nitrogens with zero attached hydrogens (tertiary/aromatic N) is 7. The molecule has 0 fully saturated rings. The molecule has 4 aromatic heterocycles. The molecular weight excluding hydrogens is 500 g/mol. The lowest BCUT2D eigenvalue weighted by atomic mass is 10.0. The summed E-state index contributed by atoms with van der Waals surface area (Å²) in [7, 11) is 3.85. The van der Waals surface area contributed by atoms with Crippen LogP contribution in [0, 0.1) is 0 Å². The second-order valence-corrected chi connectivity index (χ2v) is 9.35. The number of nitrogens with two attached hydrogens (primary N) is 1. The summed E-state index contributed by atoms with van der Waals surface area (Å²) in [5.74, 6) is 1.77. The summed E-state index contributed by atoms with van der Waals surface area (Å²) < 4.78 is 4.29. The van der Waals surface area contributed by atoms with Gasteiger partial charge in [0.1, 0.15) is 34.6 Å². The van der Waals surface area contributed by atoms with Crippen molar-refractivity contribution in [3.63, 3.8) is 0 Å². The maximum absolute atomic E-state index is 5.64. The molecule has 0 unspecified atom stereocenters. The van der Waals surface area contributed by atoms with Crippen molar-refractivity contribution in [1.29, 1.82) is 0 Å². The van der Waals surface area contributed by atoms with E-state index < -0.39 is 0 Å². The number of hydrogen-bond acceptors (Lipinski definition) is 7. The van der Waals surface area contributed by atoms with Gasteiger partial charge in [-0.1, -0.05) is 24.3 Å². The zero-order valence-corrected chi connectivity index (χ0v) is 21.9. The van der Waals surface area contributed by atoms with Crippen LogP contribution in [0.1, 0.15) is 0 Å². The summed E-state index contributed by atoms with van der Waals surface area (Å²) in [6.45, 7) is 0. The van der Waals surface area contributed by atoms with Crippen molar-refractivity contribution in [3.05, 3.63) is 85.2 Å². The minimum Gasteiger partial charge on any atom is -0.390 e. The van der Waals surface area contributed by atoms with E-state index in [1.807, 2.05) is 37.3 Å². The van der Waals surface area contributed by atoms with E-state index in [1.54, 1.807) is 18.7 Å². The van der Waals surface area contributed by atoms with Gasteiger partial charge in [-0.15, -0.1) is 0 Å². The molecule has 10 heteroatoms. The quantitative estimate of drug-likeness (QED) is 0.207. The topological polar surface area (TPSA) is 114 Å². The molecule has 6 aromatic rings. The summed E-state index contributed by atoms with van der Waals surface area (Å²) in [5.41, 5.74) is 18.2. The Hall–Kier alpha value is -5.64. The average Bonchev–Trinajstić information content (AvgIpc) is 3.51. The molecule has 10 nitrogen and oxygen atoms in total. The summed E-state index contributed by atoms with van der Waals surface area (Å²) in [5, 5.41) is 5.23. The Morgan fingerprint density at radius 1 is 0.825 bits per heavy atom. The van der Waals surface area contributed by atoms with Crippen molar-refractivity contribution in [2.45, 2.75) is 0 Å². The minimum absolute atomic E-state index is 0.710. The first-order valence-corrected chi connectivity index (χ1v) is 12.8. The van der Waals surface area contributed by atoms with E-state index >= 15 is 0 Å². The number of aromatic nitrogens is 4. The lowest BCUT2D eigenvalue weighted by Gasteiger charge is -2.24. The molecule has 1 aliphatic heterocycles. The van der Waals surface area contributed by atoms with Crippen molar-refractivity contribution < 1.29 is 0 Å². The third-order valence-electron chi connectivity index (χ3n) is 7.16. The molecule has 4 N–H and O–H groups in total. The number of nitrogens with one attached hydrogen (secondary N) is 2. The number of pyridine rings is 2. The predicted octanol–water partition coefficient (Wildman–Crippen LogP) is 5.31. The van der Waals surface area contributed by atoms with Gasteiger partial charge in [-0.05, 0) is 59.7 Å². The summed E-state index contributed by atoms with van der Waals surface area (Å²) in [4.78, 5) is 18.1. The molecule has 0 radical (unpaired) electrons. The molecule has 196 valence electrons. The van der Waals surface area contributed by atoms with Gasteiger partial charge >= 0.3 is 0 Å². The molecule has 7 rings (SSSR count). The van der Waals surface area contributed by atoms with Crippen LogP contribution < -0.4 is 21.5 Å². The van der Waals surface area contributed by atoms with Gasteiger partial charge < -0.3 is 11.1 Å². The monoisotopic (exact) mass is 526 g/mol. The van der Waals surface area contributed by atoms with E-state index in [0.717, 1.165) is 61.9 Å². The van der Waals surface area contributed by atoms with E-state index in [4.69, 9.17) is 5.73 Å². The molecule has 0 spiro atoms. The van der Waals surface area contributed by atoms with Gasteiger partial charge in [-0.3, -0.25) is 29.5 Å². The molecule has 0 saturated carbocycles. The molecule has 5 heterocycles. The Bertz CT molecular complexity index is 1930. The Morgan fingerprint density at radius 3 is 2.05 bits per heavy atom. The fourth-order valence-corrected chi connectivity index (χ4v) is 5.42. The number of anilines is 2. The van der Waals surface area contributed by atoms with Crippen LogP contribution in [0.15, 0.2) is 95.2 Å². The first kappa shape index (κ1) is 23.5. The summed E-state index contributed by atoms with van der Waals surface area (Å²) in [6, 6.07) is 25.0. The van der Waals surface area contributed by atoms with Crippen LogP contribution >= 0.6 is 0 Å². The highest BCUT2D eigenvalue weighted by atomic mass is 15.5. The third kappa shape index (κ3) is 3.50. The van der Waals surface area contributed by atoms with E-state index in [1.165, 1.54) is 6.34 Å². The molecular formula is C30H26N10. The van der Waals surface area contributed by atoms with E-state index in [-0.39, 0.29) is 0 Å². The first-order chi connectivity index (χ1) is 19.7. The van der Waals surface area contributed by atoms with Gasteiger partial charge in [-0.25, -0.2) is 9.98 Å². The third-order valence-corrected chi connectivity index (χ3v) is 7.16. The van der Waals surface area contributed by atoms with E-state index in [2.05, 4.69) is 94.4 Å². The normalized spacial score (nSPS) is 12.8. The van der Waals surface area contributed by atoms with Crippen LogP contribution in [0.4, 0.5) is 23.0 Å². The Balaban J connectivity index is 1.27. The highest BCUT2D eigenvalue weighted by Crippen LogP contribution is 2.41. The molecule has 0 atom stereocenters. The second kappa shape index (κ2) is 9.28. The van der Waals surface area contributed by atoms with Gasteiger partial charge in [0, 0.05) is 37.9 Å². The molecule has 1 aliphatic rings. The number of aliphatic imine (C=N–C) groups is 2. The van der Waals surface area contributed by atoms with Gasteiger partial charge in [0.15, 0.2) is 5.82 Å². The number of hydrogen-bond donors (Lipinski definition) is 3. The van der Waals surface area contributed by atoms with Crippen molar-refractivity contribution >= 4 is 57.8 Å². The average molecular weight is 527 g/mol. The molecule has 0 aliphatic carbocycles. The number of fused-ring (bicyclic) bond motifs is 4. The number of rotatable bonds is 5. The van der Waals surface area contributed by atoms with E-state index in [0.29, 0.717) is 5.69 Å². The van der Waals surface area contributed by atoms with Crippen molar-refractivity contribution in [2.24, 2.45) is 15.7 Å². The zero-order chi connectivity index (χ0) is 27.2. The van der Waals surface area contributed by atoms with Crippen molar-refractivity contribution in [2.75, 3.05) is 24.4 Å². The standard InChI is InChI=1S/C30H26N10/c1-32-29-27(35-17-31)25-23(5-3-15-33-25)39(29)21-11-7-19(8-12-21)20-9-13-22(14-10-20)40-24-6-4-16-34-26(24)28-30(40)38(2)37-18-36-28/h3-18,32H,1-2H3,(H2,31,35)(H,36,37). The fraction of sp³-hybridized carbons (Fsp3) is 0.0667. The van der Waals surface area contributed by atoms with Crippen molar-refractivity contribution in [3.8, 4) is 22.5 Å². The number of benzene rings is 2. The summed E-state index contributed by atoms with van der Waals surface area (Å²) >= 11 is 0. The maximum atomic E-state index is 5.64. The predicted molar refractivity (Wildman–Crippen MR) is 163 cm³/mol. The van der Waals surface area contributed by atoms with Crippen LogP contribution in [-0.2, 0) is 0 Å². The second-order valence-electron chi connectivity index (χ2n) is 9.35. The summed E-state index contributed by atoms with van der Waals surface area (Å²) in [6.07, 6.45) is 6.55. The van der Waals surface area contributed by atoms with Gasteiger partial charge in [-0.2, -0.15) is 0 Å². The molecule has 0 amide bonds. The molecule has 0 saturated heterocycles. The van der Waals surface area contributed by atoms with Gasteiger partial charge in [0.25, 0.3) is 0 Å². The minimum atomic E-state index is 0.710. The van der Waals surface area contributed by atoms with Crippen LogP contribution in [0.5, 0.6) is 0 Å². The Kier molecular flexibility index (Phi) is 5.45. The van der Waals surface area contributed by atoms with Gasteiger partial charge in [0.2, 0.25) is 0 Å². The van der Waals surface area contributed by atoms with Crippen LogP contribution in [0.3, 0.4) is 0 Å². The van der Waals surface area contributed by atoms with Gasteiger partial charge in [0.05, 0.1) is 17.4 Å². The first-order valence-electron chi connectivity index (χ1n) is 12.8. The largest absolute Gasteiger partial charge is 0.390 e. The van der Waals surface area contributed by atoms with Crippen LogP contribution in [0.2, 0.25) is 0 Å². The number of hydrazine groups is 1. The lowest BCUT2D eigenvalue weighted by Crippen LogP contribution is -2.36. The maximum Gasteiger partial charge on any atom is 0.161 e. The zero-order valence-electron chi connectivity index (χ0n) is 21.9. The van der Waals surface area contributed by atoms with Crippen LogP contribution in [0.25, 0.3) is 44.6 Å². The molecule has 2 aromatic carbocycles. The SMILES string of the molecule is CNc1c(N=CN)c2ncccc2n1-c1ccc(-c2ccc(-n3c4c(c5ncccc53)N=CNN4C)cc2)cc1. The fourth-order valence-electron chi connectivity index (χ4n) is 5.42. The molecule has 0 bridgehead atoms.